The number of piperidine rings is 1. The van der Waals surface area contributed by atoms with E-state index in [2.05, 4.69) is 56.9 Å². The molecular formula is C21H32ClNO. The van der Waals surface area contributed by atoms with Crippen molar-refractivity contribution in [3.05, 3.63) is 35.4 Å². The van der Waals surface area contributed by atoms with Crippen molar-refractivity contribution in [3.8, 4) is 0 Å². The third kappa shape index (κ3) is 2.62. The first kappa shape index (κ1) is 18.2. The predicted octanol–water partition coefficient (Wildman–Crippen LogP) is 5.04. The highest BCUT2D eigenvalue weighted by Gasteiger charge is 2.75. The Morgan fingerprint density at radius 3 is 2.21 bits per heavy atom. The third-order valence-electron chi connectivity index (χ3n) is 6.60. The zero-order chi connectivity index (χ0) is 16.3. The van der Waals surface area contributed by atoms with Gasteiger partial charge in [-0.25, -0.2) is 0 Å². The van der Waals surface area contributed by atoms with E-state index in [1.807, 2.05) is 0 Å². The van der Waals surface area contributed by atoms with Gasteiger partial charge in [0.05, 0.1) is 0 Å². The van der Waals surface area contributed by atoms with Crippen LogP contribution in [-0.4, -0.2) is 29.6 Å². The molecule has 0 unspecified atom stereocenters. The molecule has 24 heavy (non-hydrogen) atoms. The van der Waals surface area contributed by atoms with Crippen LogP contribution in [0.4, 0.5) is 0 Å². The molecule has 1 aliphatic carbocycles. The van der Waals surface area contributed by atoms with Crippen molar-refractivity contribution >= 4 is 12.4 Å². The van der Waals surface area contributed by atoms with Gasteiger partial charge < -0.3 is 4.74 Å². The van der Waals surface area contributed by atoms with Gasteiger partial charge >= 0.3 is 0 Å². The van der Waals surface area contributed by atoms with Crippen LogP contribution in [0.25, 0.3) is 0 Å². The molecule has 2 nitrogen and oxygen atoms in total. The number of ether oxygens (including phenoxy) is 1. The molecule has 3 atom stereocenters. The molecule has 2 saturated heterocycles. The van der Waals surface area contributed by atoms with Gasteiger partial charge in [-0.1, -0.05) is 51.5 Å². The lowest BCUT2D eigenvalue weighted by molar-refractivity contribution is 0.0827. The van der Waals surface area contributed by atoms with Crippen molar-refractivity contribution in [2.75, 3.05) is 13.1 Å². The maximum absolute atomic E-state index is 6.46. The summed E-state index contributed by atoms with van der Waals surface area (Å²) in [5.74, 6) is 0. The van der Waals surface area contributed by atoms with Crippen molar-refractivity contribution in [2.45, 2.75) is 82.5 Å². The minimum atomic E-state index is -0.00840. The Morgan fingerprint density at radius 2 is 1.67 bits per heavy atom. The molecule has 3 fully saturated rings. The second kappa shape index (κ2) is 6.00. The fourth-order valence-corrected chi connectivity index (χ4v) is 5.08. The molecule has 0 spiro atoms. The first-order chi connectivity index (χ1) is 10.9. The fraction of sp³-hybridized carbons (Fsp3) is 0.714. The van der Waals surface area contributed by atoms with Crippen LogP contribution in [0.1, 0.15) is 70.9 Å². The molecule has 3 aliphatic rings. The van der Waals surface area contributed by atoms with Gasteiger partial charge in [-0.2, -0.15) is 0 Å². The summed E-state index contributed by atoms with van der Waals surface area (Å²) in [5.41, 5.74) is 3.05. The number of hydrogen-bond acceptors (Lipinski definition) is 2. The van der Waals surface area contributed by atoms with Crippen LogP contribution in [-0.2, 0) is 15.8 Å². The Kier molecular flexibility index (Phi) is 4.56. The second-order valence-corrected chi connectivity index (χ2v) is 9.01. The largest absolute Gasteiger partial charge is 0.356 e. The lowest BCUT2D eigenvalue weighted by Crippen LogP contribution is -2.45. The minimum Gasteiger partial charge on any atom is -0.356 e. The molecule has 0 N–H and O–H groups in total. The molecule has 0 radical (unpaired) electrons. The molecule has 1 saturated carbocycles. The Labute approximate surface area is 153 Å². The highest BCUT2D eigenvalue weighted by Crippen LogP contribution is 2.66. The summed E-state index contributed by atoms with van der Waals surface area (Å²) < 4.78 is 6.46. The summed E-state index contributed by atoms with van der Waals surface area (Å²) >= 11 is 0. The first-order valence-corrected chi connectivity index (χ1v) is 9.42. The van der Waals surface area contributed by atoms with E-state index in [-0.39, 0.29) is 29.0 Å². The normalized spacial score (nSPS) is 36.1. The Hall–Kier alpha value is -0.570. The van der Waals surface area contributed by atoms with Crippen LogP contribution >= 0.6 is 12.4 Å². The smallest absolute Gasteiger partial charge is 0.124 e. The lowest BCUT2D eigenvalue weighted by atomic mass is 9.83. The van der Waals surface area contributed by atoms with Gasteiger partial charge in [0.1, 0.15) is 11.2 Å². The number of hydrogen-bond donors (Lipinski definition) is 0. The summed E-state index contributed by atoms with van der Waals surface area (Å²) in [5, 5.41) is 0. The molecule has 2 heterocycles. The summed E-state index contributed by atoms with van der Waals surface area (Å²) in [6, 6.07) is 9.88. The summed E-state index contributed by atoms with van der Waals surface area (Å²) in [4.78, 5) is 2.71. The average molecular weight is 350 g/mol. The molecule has 0 bridgehead atoms. The van der Waals surface area contributed by atoms with Crippen molar-refractivity contribution < 1.29 is 4.74 Å². The van der Waals surface area contributed by atoms with Crippen molar-refractivity contribution in [1.82, 2.24) is 4.90 Å². The Bertz CT molecular complexity index is 583. The van der Waals surface area contributed by atoms with E-state index in [9.17, 15) is 0 Å². The van der Waals surface area contributed by atoms with E-state index >= 15 is 0 Å². The minimum absolute atomic E-state index is 0. The van der Waals surface area contributed by atoms with Crippen molar-refractivity contribution in [3.63, 3.8) is 0 Å². The second-order valence-electron chi connectivity index (χ2n) is 9.01. The lowest BCUT2D eigenvalue weighted by Gasteiger charge is -2.35. The highest BCUT2D eigenvalue weighted by atomic mass is 35.5. The monoisotopic (exact) mass is 349 g/mol. The van der Waals surface area contributed by atoms with E-state index in [1.165, 1.54) is 56.3 Å². The summed E-state index contributed by atoms with van der Waals surface area (Å²) in [7, 11) is 0. The number of fused-ring (bicyclic) bond motifs is 1. The fourth-order valence-electron chi connectivity index (χ4n) is 5.08. The Balaban J connectivity index is 0.00000169. The van der Waals surface area contributed by atoms with Gasteiger partial charge in [0.25, 0.3) is 0 Å². The van der Waals surface area contributed by atoms with Crippen LogP contribution < -0.4 is 0 Å². The molecular weight excluding hydrogens is 318 g/mol. The van der Waals surface area contributed by atoms with E-state index in [1.54, 1.807) is 0 Å². The molecule has 3 heteroatoms. The molecule has 134 valence electrons. The number of epoxide rings is 1. The van der Waals surface area contributed by atoms with Gasteiger partial charge in [0.15, 0.2) is 0 Å². The van der Waals surface area contributed by atoms with Gasteiger partial charge in [-0.15, -0.1) is 12.4 Å². The van der Waals surface area contributed by atoms with E-state index in [0.717, 1.165) is 0 Å². The van der Waals surface area contributed by atoms with Crippen molar-refractivity contribution in [2.24, 2.45) is 0 Å². The van der Waals surface area contributed by atoms with E-state index < -0.39 is 0 Å². The van der Waals surface area contributed by atoms with Gasteiger partial charge in [0.2, 0.25) is 0 Å². The average Bonchev–Trinajstić information content (AvgIpc) is 3.04. The van der Waals surface area contributed by atoms with Crippen molar-refractivity contribution in [1.29, 1.82) is 0 Å². The number of benzene rings is 1. The topological polar surface area (TPSA) is 15.8 Å². The van der Waals surface area contributed by atoms with Crippen LogP contribution in [0.2, 0.25) is 0 Å². The number of nitrogens with zero attached hydrogens (tertiary/aromatic N) is 1. The third-order valence-corrected chi connectivity index (χ3v) is 6.60. The molecule has 2 aliphatic heterocycles. The number of halogens is 1. The van der Waals surface area contributed by atoms with E-state index in [0.29, 0.717) is 6.04 Å². The zero-order valence-corrected chi connectivity index (χ0v) is 16.4. The zero-order valence-electron chi connectivity index (χ0n) is 15.6. The van der Waals surface area contributed by atoms with Gasteiger partial charge in [-0.05, 0) is 62.2 Å². The van der Waals surface area contributed by atoms with Crippen LogP contribution in [0.5, 0.6) is 0 Å². The van der Waals surface area contributed by atoms with Crippen LogP contribution in [0.3, 0.4) is 0 Å². The first-order valence-electron chi connectivity index (χ1n) is 9.42. The van der Waals surface area contributed by atoms with E-state index in [4.69, 9.17) is 4.74 Å². The molecule has 0 aromatic heterocycles. The maximum Gasteiger partial charge on any atom is 0.124 e. The number of rotatable bonds is 2. The maximum atomic E-state index is 6.46. The SMILES string of the molecule is CC(C)(C)c1ccc([C@@]23CC[C@@H](N4CCCCC4)[C@]2(C)O3)cc1.Cl. The Morgan fingerprint density at radius 1 is 1.04 bits per heavy atom. The van der Waals surface area contributed by atoms with Gasteiger partial charge in [0, 0.05) is 6.04 Å². The van der Waals surface area contributed by atoms with Crippen LogP contribution in [0, 0.1) is 0 Å². The highest BCUT2D eigenvalue weighted by molar-refractivity contribution is 5.85. The van der Waals surface area contributed by atoms with Crippen LogP contribution in [0.15, 0.2) is 24.3 Å². The molecule has 1 aromatic rings. The van der Waals surface area contributed by atoms with Gasteiger partial charge in [-0.3, -0.25) is 4.90 Å². The number of likely N-dealkylation sites (tertiary alicyclic amines) is 1. The molecule has 0 amide bonds. The molecule has 1 aromatic carbocycles. The molecule has 4 rings (SSSR count). The predicted molar refractivity (Wildman–Crippen MR) is 102 cm³/mol. The quantitative estimate of drug-likeness (QED) is 0.695. The standard InChI is InChI=1S/C21H31NO.ClH/c1-19(2,3)16-8-10-17(11-9-16)21-13-12-18(20(21,4)23-21)22-14-6-5-7-15-22;/h8-11,18H,5-7,12-15H2,1-4H3;1H/t18-,20+,21+;/m1./s1. The summed E-state index contributed by atoms with van der Waals surface area (Å²) in [6.07, 6.45) is 6.59. The summed E-state index contributed by atoms with van der Waals surface area (Å²) in [6.45, 7) is 11.7.